The lowest BCUT2D eigenvalue weighted by Crippen LogP contribution is -2.32. The lowest BCUT2D eigenvalue weighted by atomic mass is 9.78. The molecule has 172 valence electrons. The van der Waals surface area contributed by atoms with E-state index in [1.165, 1.54) is 12.3 Å². The van der Waals surface area contributed by atoms with Gasteiger partial charge in [-0.25, -0.2) is 4.79 Å². The third-order valence-corrected chi connectivity index (χ3v) is 4.87. The molecule has 0 spiro atoms. The van der Waals surface area contributed by atoms with Crippen LogP contribution in [0.4, 0.5) is 32.0 Å². The van der Waals surface area contributed by atoms with Gasteiger partial charge in [0.25, 0.3) is 0 Å². The fourth-order valence-electron chi connectivity index (χ4n) is 3.14. The first-order valence-electron chi connectivity index (χ1n) is 9.21. The van der Waals surface area contributed by atoms with Crippen LogP contribution in [0.2, 0.25) is 0 Å². The number of nitrogen functional groups attached to an aromatic ring is 1. The first-order chi connectivity index (χ1) is 14.8. The maximum atomic E-state index is 12.5. The van der Waals surface area contributed by atoms with Crippen LogP contribution >= 0.6 is 0 Å². The molecule has 1 aliphatic carbocycles. The zero-order chi connectivity index (χ0) is 23.7. The number of aromatic nitrogens is 2. The topological polar surface area (TPSA) is 101 Å². The van der Waals surface area contributed by atoms with Crippen LogP contribution < -0.4 is 10.5 Å². The number of halogens is 6. The molecule has 0 radical (unpaired) electrons. The third-order valence-electron chi connectivity index (χ3n) is 4.87. The molecule has 12 heteroatoms. The Morgan fingerprint density at radius 3 is 2.31 bits per heavy atom. The largest absolute Gasteiger partial charge is 0.490 e. The molecule has 4 N–H and O–H groups in total. The van der Waals surface area contributed by atoms with E-state index < -0.39 is 24.0 Å². The molecule has 1 fully saturated rings. The monoisotopic (exact) mass is 461 g/mol. The van der Waals surface area contributed by atoms with Crippen LogP contribution in [0.1, 0.15) is 30.0 Å². The van der Waals surface area contributed by atoms with Gasteiger partial charge in [-0.15, -0.1) is 0 Å². The molecule has 1 aliphatic rings. The van der Waals surface area contributed by atoms with Gasteiger partial charge in [0.15, 0.2) is 0 Å². The number of rotatable bonds is 3. The van der Waals surface area contributed by atoms with E-state index in [0.717, 1.165) is 41.1 Å². The van der Waals surface area contributed by atoms with Gasteiger partial charge < -0.3 is 20.6 Å². The number of carboxylic acid groups (broad SMARTS) is 1. The summed E-state index contributed by atoms with van der Waals surface area (Å²) < 4.78 is 75.3. The summed E-state index contributed by atoms with van der Waals surface area (Å²) in [6.45, 7) is 0. The number of fused-ring (bicyclic) bond motifs is 1. The number of hydrogen-bond donors (Lipinski definition) is 3. The molecule has 0 saturated heterocycles. The first kappa shape index (κ1) is 23.2. The maximum absolute atomic E-state index is 12.5. The molecule has 0 atom stereocenters. The van der Waals surface area contributed by atoms with Gasteiger partial charge in [-0.05, 0) is 48.6 Å². The Balaban J connectivity index is 0.000000360. The number of pyridine rings is 1. The fourth-order valence-corrected chi connectivity index (χ4v) is 3.14. The number of H-pyrrole nitrogens is 1. The van der Waals surface area contributed by atoms with Crippen LogP contribution in [0.25, 0.3) is 10.9 Å². The molecule has 2 heterocycles. The van der Waals surface area contributed by atoms with Crippen molar-refractivity contribution in [2.24, 2.45) is 0 Å². The average Bonchev–Trinajstić information content (AvgIpc) is 3.04. The van der Waals surface area contributed by atoms with Crippen molar-refractivity contribution in [3.05, 3.63) is 54.0 Å². The van der Waals surface area contributed by atoms with Crippen LogP contribution in [0, 0.1) is 0 Å². The van der Waals surface area contributed by atoms with Gasteiger partial charge in [-0.2, -0.15) is 26.3 Å². The Morgan fingerprint density at radius 2 is 1.78 bits per heavy atom. The Morgan fingerprint density at radius 1 is 1.12 bits per heavy atom. The van der Waals surface area contributed by atoms with Crippen LogP contribution in [0.5, 0.6) is 5.75 Å². The van der Waals surface area contributed by atoms with Gasteiger partial charge >= 0.3 is 18.3 Å². The molecular weight excluding hydrogens is 444 g/mol. The van der Waals surface area contributed by atoms with Crippen molar-refractivity contribution in [3.8, 4) is 5.75 Å². The molecule has 3 aromatic rings. The molecule has 6 nitrogen and oxygen atoms in total. The number of aromatic amines is 1. The van der Waals surface area contributed by atoms with Crippen molar-refractivity contribution in [1.29, 1.82) is 0 Å². The lowest BCUT2D eigenvalue weighted by Gasteiger charge is -2.35. The standard InChI is InChI=1S/C18H16F3N3O.C2HF3O2/c19-18(20,21)17-4-1-10(8-24-17)11-5-13(6-11)25-12-2-3-16-14(7-12)15(22)9-23-16;3-2(4,5)1(6)7/h1-4,7-9,11,13,23H,5-6,22H2;(H,6,7)/t11-,13-;. The van der Waals surface area contributed by atoms with Gasteiger partial charge in [-0.1, -0.05) is 6.07 Å². The van der Waals surface area contributed by atoms with E-state index in [1.54, 1.807) is 6.20 Å². The van der Waals surface area contributed by atoms with E-state index in [0.29, 0.717) is 5.69 Å². The average molecular weight is 461 g/mol. The molecule has 4 rings (SSSR count). The van der Waals surface area contributed by atoms with E-state index in [1.807, 2.05) is 18.2 Å². The number of anilines is 1. The highest BCUT2D eigenvalue weighted by Gasteiger charge is 2.38. The van der Waals surface area contributed by atoms with E-state index in [-0.39, 0.29) is 12.0 Å². The van der Waals surface area contributed by atoms with Crippen molar-refractivity contribution >= 4 is 22.6 Å². The summed E-state index contributed by atoms with van der Waals surface area (Å²) in [6, 6.07) is 8.23. The van der Waals surface area contributed by atoms with E-state index >= 15 is 0 Å². The van der Waals surface area contributed by atoms with Gasteiger partial charge in [-0.3, -0.25) is 4.98 Å². The minimum Gasteiger partial charge on any atom is -0.490 e. The summed E-state index contributed by atoms with van der Waals surface area (Å²) in [4.78, 5) is 15.5. The van der Waals surface area contributed by atoms with Crippen LogP contribution in [-0.4, -0.2) is 33.3 Å². The normalized spacial score (nSPS) is 18.4. The Labute approximate surface area is 177 Å². The van der Waals surface area contributed by atoms with Gasteiger partial charge in [0.05, 0.1) is 11.8 Å². The minimum atomic E-state index is -5.08. The fraction of sp³-hybridized carbons (Fsp3) is 0.300. The second-order valence-corrected chi connectivity index (χ2v) is 7.14. The Hall–Kier alpha value is -3.44. The van der Waals surface area contributed by atoms with E-state index in [4.69, 9.17) is 20.4 Å². The quantitative estimate of drug-likeness (QED) is 0.470. The van der Waals surface area contributed by atoms with E-state index in [9.17, 15) is 26.3 Å². The summed E-state index contributed by atoms with van der Waals surface area (Å²) in [5.41, 5.74) is 7.47. The first-order valence-corrected chi connectivity index (χ1v) is 9.21. The summed E-state index contributed by atoms with van der Waals surface area (Å²) >= 11 is 0. The zero-order valence-corrected chi connectivity index (χ0v) is 16.2. The summed E-state index contributed by atoms with van der Waals surface area (Å²) in [5, 5.41) is 8.04. The van der Waals surface area contributed by atoms with Gasteiger partial charge in [0.1, 0.15) is 11.4 Å². The zero-order valence-electron chi connectivity index (χ0n) is 16.2. The van der Waals surface area contributed by atoms with Gasteiger partial charge in [0, 0.05) is 23.3 Å². The molecule has 0 amide bonds. The molecule has 0 unspecified atom stereocenters. The lowest BCUT2D eigenvalue weighted by molar-refractivity contribution is -0.192. The van der Waals surface area contributed by atoms with Crippen LogP contribution in [0.3, 0.4) is 0 Å². The number of carbonyl (C=O) groups is 1. The van der Waals surface area contributed by atoms with Crippen molar-refractivity contribution in [3.63, 3.8) is 0 Å². The number of alkyl halides is 6. The highest BCUT2D eigenvalue weighted by Crippen LogP contribution is 2.40. The van der Waals surface area contributed by atoms with Crippen LogP contribution in [0.15, 0.2) is 42.7 Å². The Bertz CT molecular complexity index is 1090. The summed E-state index contributed by atoms with van der Waals surface area (Å²) in [5.74, 6) is -1.83. The second kappa shape index (κ2) is 8.60. The van der Waals surface area contributed by atoms with Gasteiger partial charge in [0.2, 0.25) is 0 Å². The van der Waals surface area contributed by atoms with Crippen molar-refractivity contribution in [2.75, 3.05) is 5.73 Å². The van der Waals surface area contributed by atoms with Crippen molar-refractivity contribution in [1.82, 2.24) is 9.97 Å². The predicted octanol–water partition coefficient (Wildman–Crippen LogP) is 5.12. The second-order valence-electron chi connectivity index (χ2n) is 7.14. The molecule has 2 aromatic heterocycles. The molecular formula is C20H17F6N3O3. The minimum absolute atomic E-state index is 0.0462. The SMILES string of the molecule is Nc1c[nH]c2ccc(O[C@H]3C[C@H](c4ccc(C(F)(F)F)nc4)C3)cc12.O=C(O)C(F)(F)F. The summed E-state index contributed by atoms with van der Waals surface area (Å²) in [7, 11) is 0. The third kappa shape index (κ3) is 5.42. The van der Waals surface area contributed by atoms with Crippen molar-refractivity contribution in [2.45, 2.75) is 37.2 Å². The number of hydrogen-bond acceptors (Lipinski definition) is 4. The molecule has 32 heavy (non-hydrogen) atoms. The van der Waals surface area contributed by atoms with Crippen LogP contribution in [-0.2, 0) is 11.0 Å². The number of ether oxygens (including phenoxy) is 1. The smallest absolute Gasteiger partial charge is 0.490 e. The molecule has 1 saturated carbocycles. The number of nitrogens with two attached hydrogens (primary N) is 1. The number of benzene rings is 1. The van der Waals surface area contributed by atoms with E-state index in [2.05, 4.69) is 9.97 Å². The highest BCUT2D eigenvalue weighted by molar-refractivity contribution is 5.92. The molecule has 0 bridgehead atoms. The number of nitrogens with zero attached hydrogens (tertiary/aromatic N) is 1. The maximum Gasteiger partial charge on any atom is 0.490 e. The van der Waals surface area contributed by atoms with Crippen molar-refractivity contribution < 1.29 is 41.0 Å². The number of nitrogens with one attached hydrogen (secondary N) is 1. The molecule has 0 aliphatic heterocycles. The number of carboxylic acids is 1. The summed E-state index contributed by atoms with van der Waals surface area (Å²) in [6.07, 6.45) is -4.86. The highest BCUT2D eigenvalue weighted by atomic mass is 19.4. The number of aliphatic carboxylic acids is 1. The molecule has 1 aromatic carbocycles. The Kier molecular flexibility index (Phi) is 6.24. The predicted molar refractivity (Wildman–Crippen MR) is 102 cm³/mol.